The zero-order valence-electron chi connectivity index (χ0n) is 11.3. The number of halogens is 1. The van der Waals surface area contributed by atoms with Crippen LogP contribution in [0.4, 0.5) is 0 Å². The first-order valence-electron chi connectivity index (χ1n) is 6.50. The van der Waals surface area contributed by atoms with Crippen LogP contribution < -0.4 is 4.74 Å². The van der Waals surface area contributed by atoms with Crippen LogP contribution >= 0.6 is 20.2 Å². The summed E-state index contributed by atoms with van der Waals surface area (Å²) in [4.78, 5) is 0. The monoisotopic (exact) mass is 385 g/mol. The van der Waals surface area contributed by atoms with Crippen molar-refractivity contribution in [2.45, 2.75) is 10.0 Å². The summed E-state index contributed by atoms with van der Waals surface area (Å²) in [6.45, 7) is 0.582. The van der Waals surface area contributed by atoms with Crippen molar-refractivity contribution in [3.05, 3.63) is 63.7 Å². The molecule has 20 heavy (non-hydrogen) atoms. The van der Waals surface area contributed by atoms with Crippen molar-refractivity contribution in [1.29, 1.82) is 0 Å². The van der Waals surface area contributed by atoms with Crippen molar-refractivity contribution in [2.75, 3.05) is 13.7 Å². The van der Waals surface area contributed by atoms with E-state index in [4.69, 9.17) is 12.9 Å². The topological polar surface area (TPSA) is 41.4 Å². The summed E-state index contributed by atoms with van der Waals surface area (Å²) in [7, 11) is 1.73. The summed E-state index contributed by atoms with van der Waals surface area (Å²) in [5.74, 6) is 0.896. The summed E-state index contributed by atoms with van der Waals surface area (Å²) in [5, 5.41) is 0. The van der Waals surface area contributed by atoms with Crippen LogP contribution in [-0.2, 0) is 4.74 Å². The summed E-state index contributed by atoms with van der Waals surface area (Å²) in [6.07, 6.45) is -0.0251. The van der Waals surface area contributed by atoms with Gasteiger partial charge in [-0.1, -0.05) is 0 Å². The van der Waals surface area contributed by atoms with Crippen molar-refractivity contribution in [3.63, 3.8) is 0 Å². The molecule has 2 aromatic carbocycles. The third kappa shape index (κ3) is 2.55. The zero-order chi connectivity index (χ0) is 13.9. The predicted molar refractivity (Wildman–Crippen MR) is 88.2 cm³/mol. The van der Waals surface area contributed by atoms with Crippen LogP contribution in [0.2, 0.25) is 0 Å². The van der Waals surface area contributed by atoms with E-state index in [0.29, 0.717) is 6.61 Å². The Kier molecular flexibility index (Phi) is 4.24. The number of ether oxygens (including phenoxy) is 2. The van der Waals surface area contributed by atoms with Gasteiger partial charge in [-0.2, -0.15) is 0 Å². The number of methoxy groups -OCH3 is 1. The van der Waals surface area contributed by atoms with Crippen molar-refractivity contribution in [1.82, 2.24) is 0 Å². The maximum absolute atomic E-state index is 8.68. The quantitative estimate of drug-likeness (QED) is 0.463. The zero-order valence-corrected chi connectivity index (χ0v) is 13.4. The van der Waals surface area contributed by atoms with Crippen molar-refractivity contribution < 1.29 is 12.9 Å². The van der Waals surface area contributed by atoms with Gasteiger partial charge in [0.2, 0.25) is 0 Å². The fraction of sp³-hybridized carbons (Fsp3) is 0.250. The Morgan fingerprint density at radius 3 is 2.55 bits per heavy atom. The molecular formula is C16H18IO3+. The third-order valence-corrected chi connectivity index (χ3v) is 8.13. The van der Waals surface area contributed by atoms with Gasteiger partial charge in [0.1, 0.15) is 0 Å². The van der Waals surface area contributed by atoms with Gasteiger partial charge in [-0.25, -0.2) is 0 Å². The maximum atomic E-state index is 8.68. The fourth-order valence-corrected chi connectivity index (χ4v) is 6.45. The molecule has 0 aliphatic carbocycles. The molecule has 1 aliphatic rings. The normalized spacial score (nSPS) is 21.8. The molecule has 106 valence electrons. The third-order valence-electron chi connectivity index (χ3n) is 3.45. The van der Waals surface area contributed by atoms with E-state index in [0.717, 1.165) is 14.9 Å². The number of para-hydroxylation sites is 1. The van der Waals surface area contributed by atoms with Gasteiger partial charge < -0.3 is 0 Å². The molecule has 0 aromatic heterocycles. The molecule has 0 bridgehead atoms. The number of hydrogen-bond acceptors (Lipinski definition) is 2. The van der Waals surface area contributed by atoms with Crippen molar-refractivity contribution in [2.24, 2.45) is 0 Å². The minimum atomic E-state index is -2.07. The molecular weight excluding hydrogens is 367 g/mol. The second-order valence-corrected chi connectivity index (χ2v) is 9.26. The van der Waals surface area contributed by atoms with Crippen LogP contribution in [0.15, 0.2) is 54.6 Å². The van der Waals surface area contributed by atoms with E-state index < -0.39 is 20.2 Å². The molecule has 1 aliphatic heterocycles. The van der Waals surface area contributed by atoms with E-state index in [1.807, 2.05) is 42.5 Å². The van der Waals surface area contributed by atoms with Crippen molar-refractivity contribution >= 4 is 20.2 Å². The molecule has 2 N–H and O–H groups in total. The second kappa shape index (κ2) is 6.11. The van der Waals surface area contributed by atoms with Gasteiger partial charge in [-0.05, 0) is 0 Å². The second-order valence-electron chi connectivity index (χ2n) is 4.63. The van der Waals surface area contributed by atoms with Crippen LogP contribution in [-0.4, -0.2) is 21.1 Å². The Balaban J connectivity index is 1.91. The average Bonchev–Trinajstić information content (AvgIpc) is 2.54. The molecule has 0 spiro atoms. The van der Waals surface area contributed by atoms with Crippen molar-refractivity contribution in [3.8, 4) is 5.75 Å². The molecule has 3 nitrogen and oxygen atoms in total. The van der Waals surface area contributed by atoms with E-state index in [1.54, 1.807) is 7.11 Å². The molecule has 2 atom stereocenters. The summed E-state index contributed by atoms with van der Waals surface area (Å²) in [6, 6.07) is 18.1. The number of hydrogen-bond donors (Lipinski definition) is 0. The SMILES string of the molecule is COC1c2ccccc2OCC1I([OH2+])c1ccccc1. The van der Waals surface area contributed by atoms with E-state index in [-0.39, 0.29) is 10.0 Å². The number of benzene rings is 2. The number of rotatable bonds is 3. The molecule has 2 unspecified atom stereocenters. The fourth-order valence-electron chi connectivity index (χ4n) is 2.46. The molecule has 1 heterocycles. The van der Waals surface area contributed by atoms with Crippen LogP contribution in [0.25, 0.3) is 0 Å². The Morgan fingerprint density at radius 1 is 1.10 bits per heavy atom. The average molecular weight is 385 g/mol. The van der Waals surface area contributed by atoms with E-state index in [9.17, 15) is 0 Å². The Morgan fingerprint density at radius 2 is 1.80 bits per heavy atom. The first kappa shape index (κ1) is 13.9. The first-order valence-corrected chi connectivity index (χ1v) is 9.90. The molecule has 0 saturated heterocycles. The van der Waals surface area contributed by atoms with Crippen LogP contribution in [0.1, 0.15) is 11.7 Å². The molecule has 2 aromatic rings. The summed E-state index contributed by atoms with van der Waals surface area (Å²) in [5.41, 5.74) is 1.08. The van der Waals surface area contributed by atoms with Crippen LogP contribution in [0, 0.1) is 3.57 Å². The van der Waals surface area contributed by atoms with Gasteiger partial charge in [0.15, 0.2) is 0 Å². The molecule has 0 fully saturated rings. The van der Waals surface area contributed by atoms with E-state index in [2.05, 4.69) is 12.1 Å². The van der Waals surface area contributed by atoms with Gasteiger partial charge in [-0.15, -0.1) is 0 Å². The van der Waals surface area contributed by atoms with E-state index in [1.165, 1.54) is 0 Å². The molecule has 0 saturated carbocycles. The standard InChI is InChI=1S/C16H17IO3/c1-19-16-13-9-5-6-10-15(13)20-11-14(16)17(18)12-7-3-2-4-8-12/h2-10,14,16,18H,11H2,1H3/p+1. The van der Waals surface area contributed by atoms with E-state index >= 15 is 0 Å². The minimum absolute atomic E-state index is 0.0251. The molecule has 0 amide bonds. The van der Waals surface area contributed by atoms with Gasteiger partial charge >= 0.3 is 126 Å². The Labute approximate surface area is 126 Å². The number of alkyl halides is 1. The molecule has 0 radical (unpaired) electrons. The van der Waals surface area contributed by atoms with Crippen LogP contribution in [0.3, 0.4) is 0 Å². The molecule has 4 heteroatoms. The van der Waals surface area contributed by atoms with Gasteiger partial charge in [-0.3, -0.25) is 0 Å². The first-order chi connectivity index (χ1) is 9.81. The van der Waals surface area contributed by atoms with Crippen LogP contribution in [0.5, 0.6) is 5.75 Å². The summed E-state index contributed by atoms with van der Waals surface area (Å²) < 4.78 is 21.6. The Hall–Kier alpha value is -1.11. The molecule has 3 rings (SSSR count). The predicted octanol–water partition coefficient (Wildman–Crippen LogP) is 3.15. The van der Waals surface area contributed by atoms with Gasteiger partial charge in [0, 0.05) is 0 Å². The van der Waals surface area contributed by atoms with Gasteiger partial charge in [0.25, 0.3) is 0 Å². The summed E-state index contributed by atoms with van der Waals surface area (Å²) >= 11 is -2.07. The number of fused-ring (bicyclic) bond motifs is 1. The van der Waals surface area contributed by atoms with Gasteiger partial charge in [0.05, 0.1) is 0 Å². The Bertz CT molecular complexity index is 573.